The molecule has 270 valence electrons. The molecule has 0 N–H and O–H groups in total. The predicted octanol–water partition coefficient (Wildman–Crippen LogP) is 8.72. The van der Waals surface area contributed by atoms with Crippen molar-refractivity contribution in [2.24, 2.45) is 11.8 Å². The summed E-state index contributed by atoms with van der Waals surface area (Å²) in [6.45, 7) is 13.6. The van der Waals surface area contributed by atoms with E-state index in [9.17, 15) is 9.59 Å². The summed E-state index contributed by atoms with van der Waals surface area (Å²) >= 11 is 2.91. The Balaban J connectivity index is 1.75. The fourth-order valence-corrected chi connectivity index (χ4v) is 13.5. The number of ether oxygens (including phenoxy) is 1. The Morgan fingerprint density at radius 2 is 1.26 bits per heavy atom. The summed E-state index contributed by atoms with van der Waals surface area (Å²) in [7, 11) is -5.35. The fourth-order valence-electron chi connectivity index (χ4n) is 5.36. The van der Waals surface area contributed by atoms with Gasteiger partial charge in [0.2, 0.25) is 0 Å². The molecule has 0 amide bonds. The summed E-state index contributed by atoms with van der Waals surface area (Å²) < 4.78 is 38.0. The first-order valence-electron chi connectivity index (χ1n) is 18.3. The molecule has 0 saturated carbocycles. The summed E-state index contributed by atoms with van der Waals surface area (Å²) in [4.78, 5) is 24.7. The Kier molecular flexibility index (Phi) is 23.3. The van der Waals surface area contributed by atoms with Crippen molar-refractivity contribution in [2.45, 2.75) is 143 Å². The van der Waals surface area contributed by atoms with Gasteiger partial charge in [-0.2, -0.15) is 0 Å². The summed E-state index contributed by atoms with van der Waals surface area (Å²) in [6.07, 6.45) is 15.4. The van der Waals surface area contributed by atoms with Crippen LogP contribution in [-0.4, -0.2) is 84.5 Å². The van der Waals surface area contributed by atoms with Crippen LogP contribution in [0.1, 0.15) is 125 Å². The molecular formula is C34H66O8S2Si2. The normalized spacial score (nSPS) is 25.8. The number of carbonyl (C=O) groups excluding carboxylic acids is 2. The van der Waals surface area contributed by atoms with Gasteiger partial charge in [-0.3, -0.25) is 9.59 Å². The molecule has 2 rings (SSSR count). The zero-order valence-corrected chi connectivity index (χ0v) is 33.4. The maximum absolute atomic E-state index is 12.3. The van der Waals surface area contributed by atoms with Crippen molar-refractivity contribution < 1.29 is 36.5 Å². The molecule has 12 heteroatoms. The van der Waals surface area contributed by atoms with Gasteiger partial charge in [0.15, 0.2) is 10.2 Å². The van der Waals surface area contributed by atoms with Crippen LogP contribution in [0.15, 0.2) is 0 Å². The lowest BCUT2D eigenvalue weighted by Gasteiger charge is -2.38. The molecule has 2 aliphatic heterocycles. The molecular weight excluding hydrogens is 657 g/mol. The number of thioether (sulfide) groups is 2. The van der Waals surface area contributed by atoms with E-state index in [1.807, 2.05) is 6.92 Å². The molecule has 2 saturated heterocycles. The van der Waals surface area contributed by atoms with Crippen LogP contribution in [0.4, 0.5) is 0 Å². The maximum atomic E-state index is 12.3. The zero-order valence-electron chi connectivity index (χ0n) is 29.8. The lowest BCUT2D eigenvalue weighted by atomic mass is 10.1. The van der Waals surface area contributed by atoms with Gasteiger partial charge in [-0.1, -0.05) is 103 Å². The second kappa shape index (κ2) is 25.2. The highest BCUT2D eigenvalue weighted by Gasteiger charge is 2.45. The van der Waals surface area contributed by atoms with Gasteiger partial charge < -0.3 is 26.9 Å². The minimum atomic E-state index is -2.81. The first-order valence-corrected chi connectivity index (χ1v) is 24.5. The lowest BCUT2D eigenvalue weighted by molar-refractivity contribution is -0.111. The van der Waals surface area contributed by atoms with Crippen molar-refractivity contribution in [3.05, 3.63) is 0 Å². The number of hydrogen-bond acceptors (Lipinski definition) is 10. The first kappa shape index (κ1) is 42.4. The van der Waals surface area contributed by atoms with Crippen LogP contribution < -0.4 is 0 Å². The van der Waals surface area contributed by atoms with E-state index in [1.54, 1.807) is 0 Å². The molecule has 46 heavy (non-hydrogen) atoms. The Morgan fingerprint density at radius 3 is 1.80 bits per heavy atom. The number of rotatable bonds is 26. The molecule has 0 bridgehead atoms. The zero-order chi connectivity index (χ0) is 33.5. The van der Waals surface area contributed by atoms with E-state index < -0.39 is 17.4 Å². The minimum Gasteiger partial charge on any atom is -0.393 e. The van der Waals surface area contributed by atoms with Crippen LogP contribution in [0.25, 0.3) is 0 Å². The largest absolute Gasteiger partial charge is 0.501 e. The highest BCUT2D eigenvalue weighted by molar-refractivity contribution is 8.13. The maximum Gasteiger partial charge on any atom is 0.501 e. The van der Waals surface area contributed by atoms with Crippen molar-refractivity contribution in [1.82, 2.24) is 0 Å². The van der Waals surface area contributed by atoms with E-state index in [-0.39, 0.29) is 12.0 Å². The molecule has 0 aromatic rings. The van der Waals surface area contributed by atoms with E-state index in [0.717, 1.165) is 62.1 Å². The smallest absolute Gasteiger partial charge is 0.393 e. The second-order valence-corrected chi connectivity index (χ2v) is 21.7. The van der Waals surface area contributed by atoms with Gasteiger partial charge in [-0.05, 0) is 38.7 Å². The van der Waals surface area contributed by atoms with Gasteiger partial charge in [0.05, 0.1) is 18.9 Å². The summed E-state index contributed by atoms with van der Waals surface area (Å²) in [5, 5.41) is 0.596. The quantitative estimate of drug-likeness (QED) is 0.0638. The third-order valence-corrected chi connectivity index (χ3v) is 16.3. The molecule has 2 heterocycles. The van der Waals surface area contributed by atoms with Crippen molar-refractivity contribution in [3.63, 3.8) is 0 Å². The van der Waals surface area contributed by atoms with E-state index in [4.69, 9.17) is 26.9 Å². The van der Waals surface area contributed by atoms with E-state index in [1.165, 1.54) is 62.0 Å². The summed E-state index contributed by atoms with van der Waals surface area (Å²) in [6, 6.07) is 1.55. The summed E-state index contributed by atoms with van der Waals surface area (Å²) in [5.41, 5.74) is 0. The van der Waals surface area contributed by atoms with Crippen LogP contribution in [0.3, 0.4) is 0 Å². The van der Waals surface area contributed by atoms with Gasteiger partial charge in [0, 0.05) is 68.7 Å². The average Bonchev–Trinajstić information content (AvgIpc) is 3.05. The molecule has 3 unspecified atom stereocenters. The Bertz CT molecular complexity index is 744. The van der Waals surface area contributed by atoms with Crippen molar-refractivity contribution in [1.29, 1.82) is 0 Å². The molecule has 0 aromatic heterocycles. The third kappa shape index (κ3) is 18.8. The number of unbranched alkanes of at least 4 members (excludes halogenated alkanes) is 8. The molecule has 8 nitrogen and oxygen atoms in total. The van der Waals surface area contributed by atoms with Gasteiger partial charge in [-0.15, -0.1) is 0 Å². The van der Waals surface area contributed by atoms with E-state index >= 15 is 0 Å². The summed E-state index contributed by atoms with van der Waals surface area (Å²) in [5.74, 6) is 2.06. The molecule has 0 aromatic carbocycles. The molecule has 0 spiro atoms. The van der Waals surface area contributed by atoms with Gasteiger partial charge in [0.25, 0.3) is 0 Å². The standard InChI is InChI=1S/C34H66O8S2Si2/c1-6-8-10-12-14-18-33(35)43-20-16-22-45(29-37-32(5)28-39-45)38-24-30(3)25-40-46(41-26-31(4)27-42-46)23-17-21-44-34(36)19-15-13-11-9-7-2/h30-32H,6-29H2,1-5H3. The molecule has 0 aliphatic carbocycles. The minimum absolute atomic E-state index is 0.0711. The number of hydrogen-bond donors (Lipinski definition) is 0. The fraction of sp³-hybridized carbons (Fsp3) is 0.941. The molecule has 2 fully saturated rings. The van der Waals surface area contributed by atoms with Crippen LogP contribution in [-0.2, 0) is 36.5 Å². The predicted molar refractivity (Wildman–Crippen MR) is 196 cm³/mol. The Hall–Kier alpha value is 0.234. The van der Waals surface area contributed by atoms with Crippen molar-refractivity contribution >= 4 is 51.1 Å². The third-order valence-electron chi connectivity index (χ3n) is 8.39. The van der Waals surface area contributed by atoms with Crippen molar-refractivity contribution in [3.8, 4) is 0 Å². The van der Waals surface area contributed by atoms with Gasteiger partial charge in [-0.25, -0.2) is 0 Å². The lowest BCUT2D eigenvalue weighted by Crippen LogP contribution is -2.54. The van der Waals surface area contributed by atoms with Crippen LogP contribution in [0.2, 0.25) is 12.1 Å². The molecule has 0 radical (unpaired) electrons. The van der Waals surface area contributed by atoms with Gasteiger partial charge in [0.1, 0.15) is 0 Å². The number of carbonyl (C=O) groups is 2. The Morgan fingerprint density at radius 1 is 0.717 bits per heavy atom. The van der Waals surface area contributed by atoms with Crippen LogP contribution in [0.5, 0.6) is 0 Å². The topological polar surface area (TPSA) is 89.5 Å². The van der Waals surface area contributed by atoms with Crippen molar-refractivity contribution in [2.75, 3.05) is 50.8 Å². The van der Waals surface area contributed by atoms with Crippen LogP contribution >= 0.6 is 23.5 Å². The van der Waals surface area contributed by atoms with E-state index in [0.29, 0.717) is 68.3 Å². The average molecular weight is 723 g/mol. The molecule has 3 atom stereocenters. The van der Waals surface area contributed by atoms with Crippen LogP contribution in [0, 0.1) is 11.8 Å². The van der Waals surface area contributed by atoms with Gasteiger partial charge >= 0.3 is 17.4 Å². The molecule has 2 aliphatic rings. The highest BCUT2D eigenvalue weighted by atomic mass is 32.2. The van der Waals surface area contributed by atoms with E-state index in [2.05, 4.69) is 27.7 Å². The SMILES string of the molecule is CCCCCCCC(=O)SCCC[Si]1(OCC(C)CO[Si]2(CCCSC(=O)CCCCCCC)OCC(C)CO2)COC(C)CO1. The first-order chi connectivity index (χ1) is 22.2. The monoisotopic (exact) mass is 722 g/mol. The Labute approximate surface area is 291 Å². The highest BCUT2D eigenvalue weighted by Crippen LogP contribution is 2.28. The second-order valence-electron chi connectivity index (χ2n) is 13.5.